The first-order valence-corrected chi connectivity index (χ1v) is 8.76. The minimum atomic E-state index is -0.717. The third-order valence-electron chi connectivity index (χ3n) is 4.51. The Morgan fingerprint density at radius 3 is 2.27 bits per heavy atom. The Morgan fingerprint density at radius 2 is 1.65 bits per heavy atom. The maximum Gasteiger partial charge on any atom is 0.329 e. The minimum Gasteiger partial charge on any atom is -0.389 e. The summed E-state index contributed by atoms with van der Waals surface area (Å²) in [5, 5.41) is 13.8. The van der Waals surface area contributed by atoms with Gasteiger partial charge in [-0.25, -0.2) is 4.79 Å². The maximum atomic E-state index is 13.2. The molecule has 1 aromatic heterocycles. The van der Waals surface area contributed by atoms with E-state index in [0.29, 0.717) is 13.1 Å². The van der Waals surface area contributed by atoms with Crippen LogP contribution in [0.1, 0.15) is 24.9 Å². The molecule has 6 heteroatoms. The van der Waals surface area contributed by atoms with Gasteiger partial charge in [-0.3, -0.25) is 9.13 Å². The fraction of sp³-hybridized carbons (Fsp3) is 0.350. The Hall–Kier alpha value is -2.08. The van der Waals surface area contributed by atoms with Crippen LogP contribution < -0.4 is 11.0 Å². The first-order chi connectivity index (χ1) is 12.2. The highest BCUT2D eigenvalue weighted by Gasteiger charge is 2.27. The highest BCUT2D eigenvalue weighted by Crippen LogP contribution is 2.26. The Morgan fingerprint density at radius 1 is 1.04 bits per heavy atom. The molecule has 0 spiro atoms. The van der Waals surface area contributed by atoms with Crippen molar-refractivity contribution in [2.75, 3.05) is 13.6 Å². The summed E-state index contributed by atoms with van der Waals surface area (Å²) in [7, 11) is 1.80. The van der Waals surface area contributed by atoms with Gasteiger partial charge in [0.05, 0.1) is 23.2 Å². The molecular formula is C20H26ClN3O2. The predicted molar refractivity (Wildman–Crippen MR) is 108 cm³/mol. The van der Waals surface area contributed by atoms with Crippen LogP contribution in [0.25, 0.3) is 11.0 Å². The number of hydrogen-bond donors (Lipinski definition) is 2. The summed E-state index contributed by atoms with van der Waals surface area (Å²) in [6.07, 6.45) is 0.161. The predicted octanol–water partition coefficient (Wildman–Crippen LogP) is 2.80. The normalized spacial score (nSPS) is 13.3. The van der Waals surface area contributed by atoms with E-state index in [1.54, 1.807) is 16.2 Å². The van der Waals surface area contributed by atoms with Gasteiger partial charge in [0.25, 0.3) is 0 Å². The van der Waals surface area contributed by atoms with E-state index in [9.17, 15) is 9.90 Å². The molecule has 0 amide bonds. The zero-order valence-corrected chi connectivity index (χ0v) is 15.9. The number of nitrogens with one attached hydrogen (secondary N) is 1. The van der Waals surface area contributed by atoms with E-state index in [1.165, 1.54) is 0 Å². The molecule has 0 saturated heterocycles. The zero-order valence-electron chi connectivity index (χ0n) is 15.1. The zero-order chi connectivity index (χ0) is 17.8. The molecular weight excluding hydrogens is 350 g/mol. The number of fused-ring (bicyclic) bond motifs is 1. The number of aryl methyl sites for hydroxylation is 1. The first kappa shape index (κ1) is 20.2. The summed E-state index contributed by atoms with van der Waals surface area (Å²) in [5.41, 5.74) is 2.61. The van der Waals surface area contributed by atoms with Crippen molar-refractivity contribution >= 4 is 23.4 Å². The van der Waals surface area contributed by atoms with Crippen molar-refractivity contribution in [2.45, 2.75) is 32.0 Å². The number of benzene rings is 2. The molecule has 0 bridgehead atoms. The van der Waals surface area contributed by atoms with Crippen LogP contribution in [-0.2, 0) is 6.54 Å². The van der Waals surface area contributed by atoms with Gasteiger partial charge in [-0.2, -0.15) is 0 Å². The van der Waals surface area contributed by atoms with Gasteiger partial charge in [-0.15, -0.1) is 12.4 Å². The van der Waals surface area contributed by atoms with Gasteiger partial charge in [-0.05, 0) is 31.2 Å². The second-order valence-electron chi connectivity index (χ2n) is 6.27. The van der Waals surface area contributed by atoms with E-state index in [-0.39, 0.29) is 18.1 Å². The van der Waals surface area contributed by atoms with E-state index < -0.39 is 12.1 Å². The van der Waals surface area contributed by atoms with E-state index in [2.05, 4.69) is 12.2 Å². The van der Waals surface area contributed by atoms with Crippen molar-refractivity contribution in [1.82, 2.24) is 14.5 Å². The lowest BCUT2D eigenvalue weighted by Crippen LogP contribution is -2.38. The molecule has 2 aromatic carbocycles. The summed E-state index contributed by atoms with van der Waals surface area (Å²) < 4.78 is 3.54. The number of aliphatic hydroxyl groups excluding tert-OH is 1. The molecule has 0 fully saturated rings. The lowest BCUT2D eigenvalue weighted by atomic mass is 10.0. The van der Waals surface area contributed by atoms with Gasteiger partial charge < -0.3 is 10.4 Å². The molecule has 0 aliphatic heterocycles. The fourth-order valence-corrected chi connectivity index (χ4v) is 3.46. The molecule has 140 valence electrons. The summed E-state index contributed by atoms with van der Waals surface area (Å²) in [5.74, 6) is 0. The summed E-state index contributed by atoms with van der Waals surface area (Å²) in [4.78, 5) is 13.2. The monoisotopic (exact) mass is 375 g/mol. The molecule has 2 N–H and O–H groups in total. The van der Waals surface area contributed by atoms with Crippen molar-refractivity contribution in [1.29, 1.82) is 0 Å². The smallest absolute Gasteiger partial charge is 0.329 e. The summed E-state index contributed by atoms with van der Waals surface area (Å²) in [6, 6.07) is 17.1. The largest absolute Gasteiger partial charge is 0.389 e. The van der Waals surface area contributed by atoms with E-state index in [4.69, 9.17) is 0 Å². The van der Waals surface area contributed by atoms with Crippen LogP contribution in [0.4, 0.5) is 0 Å². The molecule has 2 atom stereocenters. The van der Waals surface area contributed by atoms with Gasteiger partial charge in [0.1, 0.15) is 0 Å². The Labute approximate surface area is 159 Å². The van der Waals surface area contributed by atoms with Crippen LogP contribution in [0.5, 0.6) is 0 Å². The van der Waals surface area contributed by atoms with Gasteiger partial charge >= 0.3 is 5.69 Å². The van der Waals surface area contributed by atoms with Gasteiger partial charge in [-0.1, -0.05) is 49.4 Å². The van der Waals surface area contributed by atoms with E-state index >= 15 is 0 Å². The molecule has 0 unspecified atom stereocenters. The van der Waals surface area contributed by atoms with Gasteiger partial charge in [0.15, 0.2) is 0 Å². The van der Waals surface area contributed by atoms with Crippen LogP contribution >= 0.6 is 12.4 Å². The van der Waals surface area contributed by atoms with Crippen LogP contribution in [0.2, 0.25) is 0 Å². The Balaban J connectivity index is 0.00000243. The lowest BCUT2D eigenvalue weighted by Gasteiger charge is -2.25. The third kappa shape index (κ3) is 3.70. The number of para-hydroxylation sites is 2. The molecule has 3 aromatic rings. The average molecular weight is 376 g/mol. The molecule has 0 saturated carbocycles. The number of nitrogens with zero attached hydrogens (tertiary/aromatic N) is 2. The fourth-order valence-electron chi connectivity index (χ4n) is 3.46. The molecule has 26 heavy (non-hydrogen) atoms. The average Bonchev–Trinajstić information content (AvgIpc) is 2.90. The molecule has 3 rings (SSSR count). The third-order valence-corrected chi connectivity index (χ3v) is 4.51. The molecule has 0 aliphatic carbocycles. The number of hydrogen-bond acceptors (Lipinski definition) is 3. The molecule has 1 heterocycles. The SMILES string of the molecule is CCCn1c(=O)n([C@@H](c2ccccc2)[C@H](O)CNC)c2ccccc21.Cl. The summed E-state index contributed by atoms with van der Waals surface area (Å²) in [6.45, 7) is 3.12. The topological polar surface area (TPSA) is 59.2 Å². The summed E-state index contributed by atoms with van der Waals surface area (Å²) >= 11 is 0. The van der Waals surface area contributed by atoms with Crippen molar-refractivity contribution < 1.29 is 5.11 Å². The van der Waals surface area contributed by atoms with Crippen LogP contribution in [0, 0.1) is 0 Å². The van der Waals surface area contributed by atoms with Gasteiger partial charge in [0.2, 0.25) is 0 Å². The number of halogens is 1. The van der Waals surface area contributed by atoms with Crippen molar-refractivity contribution in [3.63, 3.8) is 0 Å². The van der Waals surface area contributed by atoms with Crippen molar-refractivity contribution in [3.8, 4) is 0 Å². The van der Waals surface area contributed by atoms with E-state index in [0.717, 1.165) is 23.0 Å². The number of imidazole rings is 1. The van der Waals surface area contributed by atoms with Gasteiger partial charge in [0, 0.05) is 13.1 Å². The first-order valence-electron chi connectivity index (χ1n) is 8.76. The Kier molecular flexibility index (Phi) is 7.03. The molecule has 0 radical (unpaired) electrons. The second-order valence-corrected chi connectivity index (χ2v) is 6.27. The highest BCUT2D eigenvalue weighted by atomic mass is 35.5. The van der Waals surface area contributed by atoms with Crippen LogP contribution in [-0.4, -0.2) is 33.9 Å². The number of aliphatic hydroxyl groups is 1. The van der Waals surface area contributed by atoms with Crippen LogP contribution in [0.3, 0.4) is 0 Å². The standard InChI is InChI=1S/C20H25N3O2.ClH/c1-3-13-22-16-11-7-8-12-17(16)23(20(22)25)19(18(24)14-21-2)15-9-5-4-6-10-15;/h4-12,18-19,21,24H,3,13-14H2,1-2H3;1H/t18-,19+;/m1./s1. The quantitative estimate of drug-likeness (QED) is 0.667. The van der Waals surface area contributed by atoms with Crippen molar-refractivity contribution in [3.05, 3.63) is 70.6 Å². The number of aromatic nitrogens is 2. The minimum absolute atomic E-state index is 0. The van der Waals surface area contributed by atoms with Crippen LogP contribution in [0.15, 0.2) is 59.4 Å². The molecule has 0 aliphatic rings. The number of rotatable bonds is 7. The lowest BCUT2D eigenvalue weighted by molar-refractivity contribution is 0.130. The second kappa shape index (κ2) is 9.03. The molecule has 5 nitrogen and oxygen atoms in total. The maximum absolute atomic E-state index is 13.2. The number of likely N-dealkylation sites (N-methyl/N-ethyl adjacent to an activating group) is 1. The van der Waals surface area contributed by atoms with Crippen molar-refractivity contribution in [2.24, 2.45) is 0 Å². The van der Waals surface area contributed by atoms with E-state index in [1.807, 2.05) is 54.6 Å². The highest BCUT2D eigenvalue weighted by molar-refractivity contribution is 5.85. The Bertz CT molecular complexity index is 889.